The first-order chi connectivity index (χ1) is 21.0. The van der Waals surface area contributed by atoms with Gasteiger partial charge < -0.3 is 25.3 Å². The van der Waals surface area contributed by atoms with Crippen molar-refractivity contribution in [3.8, 4) is 11.3 Å². The molecule has 6 rings (SSSR count). The first-order valence-electron chi connectivity index (χ1n) is 15.4. The highest BCUT2D eigenvalue weighted by Crippen LogP contribution is 2.33. The third kappa shape index (κ3) is 7.37. The molecule has 11 heteroatoms. The van der Waals surface area contributed by atoms with Crippen molar-refractivity contribution in [1.82, 2.24) is 30.1 Å². The van der Waals surface area contributed by atoms with Gasteiger partial charge in [-0.2, -0.15) is 0 Å². The van der Waals surface area contributed by atoms with Crippen LogP contribution in [-0.2, 0) is 14.3 Å². The van der Waals surface area contributed by atoms with Crippen LogP contribution in [0.5, 0.6) is 0 Å². The molecule has 0 bridgehead atoms. The zero-order valence-corrected chi connectivity index (χ0v) is 25.2. The molecule has 43 heavy (non-hydrogen) atoms. The number of fused-ring (bicyclic) bond motifs is 1. The van der Waals surface area contributed by atoms with Gasteiger partial charge in [0.15, 0.2) is 0 Å². The maximum atomic E-state index is 13.2. The maximum Gasteiger partial charge on any atom is 0.246 e. The Balaban J connectivity index is 0.978. The van der Waals surface area contributed by atoms with Gasteiger partial charge in [0, 0.05) is 79.5 Å². The second kappa shape index (κ2) is 13.9. The molecule has 3 N–H and O–H groups in total. The second-order valence-corrected chi connectivity index (χ2v) is 12.2. The number of para-hydroxylation sites is 1. The Bertz CT molecular complexity index is 1450. The van der Waals surface area contributed by atoms with Crippen molar-refractivity contribution in [2.45, 2.75) is 50.6 Å². The predicted molar refractivity (Wildman–Crippen MR) is 168 cm³/mol. The maximum absolute atomic E-state index is 13.2. The number of H-pyrrole nitrogens is 1. The minimum atomic E-state index is -0.0620. The van der Waals surface area contributed by atoms with Crippen molar-refractivity contribution in [3.63, 3.8) is 0 Å². The van der Waals surface area contributed by atoms with Gasteiger partial charge in [0.1, 0.15) is 0 Å². The van der Waals surface area contributed by atoms with Gasteiger partial charge in [-0.3, -0.25) is 14.5 Å². The molecule has 0 spiro atoms. The van der Waals surface area contributed by atoms with Crippen LogP contribution >= 0.6 is 11.6 Å². The molecule has 1 aromatic carbocycles. The SMILES string of the molecule is O=C(N[C@@H]1CCC[C@H](Nc2ncc(Cl)c(-c3c[nH]c4ccccc34)n2)C1)C1CCN(C(=O)C=CCN2CCOCC2)CC1. The number of likely N-dealkylation sites (tertiary alicyclic amines) is 1. The minimum Gasteiger partial charge on any atom is -0.379 e. The number of hydrogen-bond acceptors (Lipinski definition) is 7. The standard InChI is InChI=1S/C32H40ClN7O3/c33-27-21-35-32(38-30(27)26-20-34-28-8-2-1-7-25(26)28)37-24-6-3-5-23(19-24)36-31(42)22-10-13-40(14-11-22)29(41)9-4-12-39-15-17-43-18-16-39/h1-2,4,7-9,20-24,34H,3,5-6,10-19H2,(H,36,42)(H,35,37,38)/t23-,24+/m1/s1. The number of halogens is 1. The summed E-state index contributed by atoms with van der Waals surface area (Å²) in [7, 11) is 0. The van der Waals surface area contributed by atoms with Crippen LogP contribution in [0.2, 0.25) is 5.02 Å². The van der Waals surface area contributed by atoms with Crippen LogP contribution in [-0.4, -0.2) is 94.6 Å². The average molecular weight is 606 g/mol. The van der Waals surface area contributed by atoms with Crippen LogP contribution in [0.25, 0.3) is 22.2 Å². The molecule has 10 nitrogen and oxygen atoms in total. The molecule has 2 aliphatic heterocycles. The van der Waals surface area contributed by atoms with E-state index in [2.05, 4.69) is 25.5 Å². The molecule has 228 valence electrons. The van der Waals surface area contributed by atoms with E-state index >= 15 is 0 Å². The Kier molecular flexibility index (Phi) is 9.55. The highest BCUT2D eigenvalue weighted by Gasteiger charge is 2.30. The van der Waals surface area contributed by atoms with Crippen molar-refractivity contribution in [2.75, 3.05) is 51.3 Å². The van der Waals surface area contributed by atoms with Gasteiger partial charge in [0.25, 0.3) is 0 Å². The molecular weight excluding hydrogens is 566 g/mol. The van der Waals surface area contributed by atoms with Gasteiger partial charge in [-0.1, -0.05) is 35.9 Å². The third-order valence-electron chi connectivity index (χ3n) is 8.85. The summed E-state index contributed by atoms with van der Waals surface area (Å²) in [5.41, 5.74) is 2.66. The Morgan fingerprint density at radius 3 is 2.70 bits per heavy atom. The number of piperidine rings is 1. The molecule has 0 radical (unpaired) electrons. The van der Waals surface area contributed by atoms with Crippen LogP contribution < -0.4 is 10.6 Å². The lowest BCUT2D eigenvalue weighted by atomic mass is 9.89. The topological polar surface area (TPSA) is 115 Å². The van der Waals surface area contributed by atoms with E-state index in [-0.39, 0.29) is 29.8 Å². The number of morpholine rings is 1. The Morgan fingerprint density at radius 2 is 1.86 bits per heavy atom. The first kappa shape index (κ1) is 29.6. The molecule has 2 aromatic heterocycles. The number of carbonyl (C=O) groups excluding carboxylic acids is 2. The molecule has 3 fully saturated rings. The fraction of sp³-hybridized carbons (Fsp3) is 0.500. The Labute approximate surface area is 257 Å². The smallest absolute Gasteiger partial charge is 0.246 e. The van der Waals surface area contributed by atoms with E-state index in [0.717, 1.165) is 75.0 Å². The van der Waals surface area contributed by atoms with Crippen LogP contribution in [0.4, 0.5) is 5.95 Å². The van der Waals surface area contributed by atoms with Crippen LogP contribution in [0.1, 0.15) is 38.5 Å². The lowest BCUT2D eigenvalue weighted by molar-refractivity contribution is -0.132. The molecule has 3 aliphatic rings. The summed E-state index contributed by atoms with van der Waals surface area (Å²) in [6, 6.07) is 8.32. The summed E-state index contributed by atoms with van der Waals surface area (Å²) in [5.74, 6) is 0.612. The number of amides is 2. The van der Waals surface area contributed by atoms with Gasteiger partial charge >= 0.3 is 0 Å². The molecule has 2 atom stereocenters. The highest BCUT2D eigenvalue weighted by atomic mass is 35.5. The number of benzene rings is 1. The summed E-state index contributed by atoms with van der Waals surface area (Å²) in [6.45, 7) is 5.29. The molecular formula is C32H40ClN7O3. The molecule has 3 aromatic rings. The molecule has 4 heterocycles. The lowest BCUT2D eigenvalue weighted by Crippen LogP contribution is -2.47. The summed E-state index contributed by atoms with van der Waals surface area (Å²) >= 11 is 6.52. The molecule has 1 aliphatic carbocycles. The minimum absolute atomic E-state index is 0.0329. The first-order valence-corrected chi connectivity index (χ1v) is 15.8. The third-order valence-corrected chi connectivity index (χ3v) is 9.12. The van der Waals surface area contributed by atoms with E-state index in [1.807, 2.05) is 41.4 Å². The zero-order valence-electron chi connectivity index (χ0n) is 24.4. The summed E-state index contributed by atoms with van der Waals surface area (Å²) in [5, 5.41) is 8.36. The Hall–Kier alpha value is -3.47. The van der Waals surface area contributed by atoms with E-state index in [4.69, 9.17) is 21.3 Å². The fourth-order valence-corrected chi connectivity index (χ4v) is 6.59. The van der Waals surface area contributed by atoms with Crippen molar-refractivity contribution < 1.29 is 14.3 Å². The number of nitrogens with zero attached hydrogens (tertiary/aromatic N) is 4. The van der Waals surface area contributed by atoms with Gasteiger partial charge in [0.2, 0.25) is 17.8 Å². The van der Waals surface area contributed by atoms with Gasteiger partial charge in [-0.25, -0.2) is 9.97 Å². The summed E-state index contributed by atoms with van der Waals surface area (Å²) in [4.78, 5) is 42.5. The lowest BCUT2D eigenvalue weighted by Gasteiger charge is -2.34. The molecule has 1 saturated carbocycles. The number of aromatic nitrogens is 3. The van der Waals surface area contributed by atoms with E-state index in [0.29, 0.717) is 42.6 Å². The quantitative estimate of drug-likeness (QED) is 0.329. The normalized spacial score (nSPS) is 22.2. The Morgan fingerprint density at radius 1 is 1.07 bits per heavy atom. The zero-order chi connectivity index (χ0) is 29.6. The number of aromatic amines is 1. The molecule has 0 unspecified atom stereocenters. The van der Waals surface area contributed by atoms with Crippen molar-refractivity contribution in [1.29, 1.82) is 0 Å². The van der Waals surface area contributed by atoms with Crippen LogP contribution in [0.3, 0.4) is 0 Å². The van der Waals surface area contributed by atoms with Crippen molar-refractivity contribution >= 4 is 40.3 Å². The van der Waals surface area contributed by atoms with Crippen molar-refractivity contribution in [3.05, 3.63) is 53.8 Å². The number of nitrogens with one attached hydrogen (secondary N) is 3. The summed E-state index contributed by atoms with van der Waals surface area (Å²) in [6.07, 6.45) is 12.3. The monoisotopic (exact) mass is 605 g/mol. The summed E-state index contributed by atoms with van der Waals surface area (Å²) < 4.78 is 5.37. The molecule has 2 amide bonds. The van der Waals surface area contributed by atoms with Gasteiger partial charge in [0.05, 0.1) is 30.1 Å². The highest BCUT2D eigenvalue weighted by molar-refractivity contribution is 6.33. The van der Waals surface area contributed by atoms with E-state index in [1.165, 1.54) is 0 Å². The number of carbonyl (C=O) groups is 2. The second-order valence-electron chi connectivity index (χ2n) is 11.8. The number of rotatable bonds is 8. The van der Waals surface area contributed by atoms with Crippen molar-refractivity contribution in [2.24, 2.45) is 5.92 Å². The largest absolute Gasteiger partial charge is 0.379 e. The van der Waals surface area contributed by atoms with Crippen LogP contribution in [0, 0.1) is 5.92 Å². The van der Waals surface area contributed by atoms with Gasteiger partial charge in [-0.05, 0) is 44.6 Å². The number of hydrogen-bond donors (Lipinski definition) is 3. The molecule has 2 saturated heterocycles. The average Bonchev–Trinajstić information content (AvgIpc) is 3.47. The van der Waals surface area contributed by atoms with Crippen LogP contribution in [0.15, 0.2) is 48.8 Å². The number of ether oxygens (including phenoxy) is 1. The number of anilines is 1. The fourth-order valence-electron chi connectivity index (χ4n) is 6.40. The van der Waals surface area contributed by atoms with E-state index in [1.54, 1.807) is 12.3 Å². The van der Waals surface area contributed by atoms with E-state index < -0.39 is 0 Å². The van der Waals surface area contributed by atoms with Gasteiger partial charge in [-0.15, -0.1) is 0 Å². The predicted octanol–water partition coefficient (Wildman–Crippen LogP) is 4.24. The van der Waals surface area contributed by atoms with E-state index in [9.17, 15) is 9.59 Å².